The van der Waals surface area contributed by atoms with E-state index < -0.39 is 0 Å². The smallest absolute Gasteiger partial charge is 0.333 e. The molecular weight excluding hydrogens is 340 g/mol. The van der Waals surface area contributed by atoms with Gasteiger partial charge >= 0.3 is 5.97 Å². The lowest BCUT2D eigenvalue weighted by atomic mass is 10.1. The van der Waals surface area contributed by atoms with E-state index in [-0.39, 0.29) is 5.97 Å². The van der Waals surface area contributed by atoms with Gasteiger partial charge in [-0.2, -0.15) is 11.8 Å². The van der Waals surface area contributed by atoms with Gasteiger partial charge in [0.25, 0.3) is 0 Å². The molecule has 2 nitrogen and oxygen atoms in total. The molecular formula is C23H44O2S. The van der Waals surface area contributed by atoms with Crippen molar-refractivity contribution in [2.75, 3.05) is 18.1 Å². The molecule has 0 aliphatic rings. The molecule has 154 valence electrons. The molecule has 0 spiro atoms. The van der Waals surface area contributed by atoms with Crippen molar-refractivity contribution < 1.29 is 9.53 Å². The van der Waals surface area contributed by atoms with Crippen LogP contribution in [-0.4, -0.2) is 24.1 Å². The third-order valence-corrected chi connectivity index (χ3v) is 5.81. The Hall–Kier alpha value is -0.440. The summed E-state index contributed by atoms with van der Waals surface area (Å²) < 4.78 is 5.09. The van der Waals surface area contributed by atoms with Crippen LogP contribution in [0.25, 0.3) is 0 Å². The Morgan fingerprint density at radius 3 is 1.62 bits per heavy atom. The van der Waals surface area contributed by atoms with Crippen LogP contribution >= 0.6 is 11.8 Å². The maximum Gasteiger partial charge on any atom is 0.333 e. The molecule has 0 aliphatic carbocycles. The molecule has 0 aromatic rings. The zero-order chi connectivity index (χ0) is 19.3. The number of esters is 1. The molecule has 3 heteroatoms. The highest BCUT2D eigenvalue weighted by Crippen LogP contribution is 2.14. The normalized spacial score (nSPS) is 10.8. The first-order valence-corrected chi connectivity index (χ1v) is 12.2. The van der Waals surface area contributed by atoms with Crippen molar-refractivity contribution in [3.63, 3.8) is 0 Å². The van der Waals surface area contributed by atoms with Gasteiger partial charge in [-0.15, -0.1) is 0 Å². The molecule has 0 rings (SSSR count). The van der Waals surface area contributed by atoms with Gasteiger partial charge in [0.15, 0.2) is 0 Å². The van der Waals surface area contributed by atoms with E-state index in [1.807, 2.05) is 0 Å². The minimum Gasteiger partial charge on any atom is -0.462 e. The fraction of sp³-hybridized carbons (Fsp3) is 0.870. The SMILES string of the molecule is C=C(C)C(=O)OCCCCCCCCCCCSCCCCCCCC. The molecule has 0 saturated carbocycles. The van der Waals surface area contributed by atoms with Crippen molar-refractivity contribution in [1.82, 2.24) is 0 Å². The minimum absolute atomic E-state index is 0.255. The Kier molecular flexibility index (Phi) is 20.5. The summed E-state index contributed by atoms with van der Waals surface area (Å²) in [5.74, 6) is 2.47. The van der Waals surface area contributed by atoms with Gasteiger partial charge in [-0.1, -0.05) is 90.6 Å². The van der Waals surface area contributed by atoms with E-state index in [0.717, 1.165) is 6.42 Å². The lowest BCUT2D eigenvalue weighted by molar-refractivity contribution is -0.139. The molecule has 26 heavy (non-hydrogen) atoms. The third kappa shape index (κ3) is 19.9. The minimum atomic E-state index is -0.255. The largest absolute Gasteiger partial charge is 0.462 e. The summed E-state index contributed by atoms with van der Waals surface area (Å²) >= 11 is 2.16. The number of carbonyl (C=O) groups is 1. The van der Waals surface area contributed by atoms with Crippen molar-refractivity contribution in [1.29, 1.82) is 0 Å². The van der Waals surface area contributed by atoms with Gasteiger partial charge in [0.2, 0.25) is 0 Å². The average Bonchev–Trinajstić information content (AvgIpc) is 2.63. The van der Waals surface area contributed by atoms with Crippen molar-refractivity contribution in [3.05, 3.63) is 12.2 Å². The highest BCUT2D eigenvalue weighted by atomic mass is 32.2. The van der Waals surface area contributed by atoms with E-state index in [0.29, 0.717) is 12.2 Å². The second-order valence-corrected chi connectivity index (χ2v) is 8.70. The number of ether oxygens (including phenoxy) is 1. The first-order valence-electron chi connectivity index (χ1n) is 11.1. The molecule has 0 amide bonds. The van der Waals surface area contributed by atoms with Crippen molar-refractivity contribution >= 4 is 17.7 Å². The number of thioether (sulfide) groups is 1. The summed E-state index contributed by atoms with van der Waals surface area (Å²) in [4.78, 5) is 11.2. The molecule has 0 saturated heterocycles. The lowest BCUT2D eigenvalue weighted by Gasteiger charge is -2.05. The molecule has 0 aromatic heterocycles. The highest BCUT2D eigenvalue weighted by molar-refractivity contribution is 7.99. The van der Waals surface area contributed by atoms with Gasteiger partial charge < -0.3 is 4.74 Å². The Balaban J connectivity index is 3.05. The van der Waals surface area contributed by atoms with Gasteiger partial charge in [-0.05, 0) is 37.7 Å². The molecule has 0 unspecified atom stereocenters. The Morgan fingerprint density at radius 2 is 1.15 bits per heavy atom. The predicted octanol–water partition coefficient (Wildman–Crippen LogP) is 7.71. The van der Waals surface area contributed by atoms with E-state index in [1.54, 1.807) is 6.92 Å². The quantitative estimate of drug-likeness (QED) is 0.122. The van der Waals surface area contributed by atoms with Gasteiger partial charge in [-0.3, -0.25) is 0 Å². The van der Waals surface area contributed by atoms with Crippen LogP contribution < -0.4 is 0 Å². The summed E-state index contributed by atoms with van der Waals surface area (Å²) in [7, 11) is 0. The average molecular weight is 385 g/mol. The molecule has 0 atom stereocenters. The number of unbranched alkanes of at least 4 members (excludes halogenated alkanes) is 13. The highest BCUT2D eigenvalue weighted by Gasteiger charge is 2.01. The van der Waals surface area contributed by atoms with Crippen molar-refractivity contribution in [3.8, 4) is 0 Å². The Labute approximate surface area is 167 Å². The van der Waals surface area contributed by atoms with Crippen LogP contribution in [0.15, 0.2) is 12.2 Å². The van der Waals surface area contributed by atoms with E-state index >= 15 is 0 Å². The molecule has 0 radical (unpaired) electrons. The lowest BCUT2D eigenvalue weighted by Crippen LogP contribution is -2.05. The maximum absolute atomic E-state index is 11.2. The number of hydrogen-bond donors (Lipinski definition) is 0. The molecule has 0 N–H and O–H groups in total. The van der Waals surface area contributed by atoms with E-state index in [1.165, 1.54) is 101 Å². The van der Waals surface area contributed by atoms with Crippen molar-refractivity contribution in [2.45, 2.75) is 110 Å². The second kappa shape index (κ2) is 20.9. The summed E-state index contributed by atoms with van der Waals surface area (Å²) in [6.45, 7) is 8.10. The van der Waals surface area contributed by atoms with Crippen LogP contribution in [0.4, 0.5) is 0 Å². The zero-order valence-corrected chi connectivity index (χ0v) is 18.5. The number of hydrogen-bond acceptors (Lipinski definition) is 3. The topological polar surface area (TPSA) is 26.3 Å². The fourth-order valence-electron chi connectivity index (χ4n) is 2.92. The van der Waals surface area contributed by atoms with Crippen LogP contribution in [0.2, 0.25) is 0 Å². The maximum atomic E-state index is 11.2. The van der Waals surface area contributed by atoms with Crippen LogP contribution in [0.3, 0.4) is 0 Å². The van der Waals surface area contributed by atoms with Crippen LogP contribution in [0, 0.1) is 0 Å². The first-order chi connectivity index (χ1) is 12.7. The van der Waals surface area contributed by atoms with E-state index in [4.69, 9.17) is 4.74 Å². The zero-order valence-electron chi connectivity index (χ0n) is 17.7. The second-order valence-electron chi connectivity index (χ2n) is 7.48. The van der Waals surface area contributed by atoms with Gasteiger partial charge in [0.05, 0.1) is 6.61 Å². The molecule has 0 heterocycles. The number of carbonyl (C=O) groups excluding carboxylic acids is 1. The Morgan fingerprint density at radius 1 is 0.731 bits per heavy atom. The van der Waals surface area contributed by atoms with E-state index in [2.05, 4.69) is 25.3 Å². The third-order valence-electron chi connectivity index (χ3n) is 4.66. The van der Waals surface area contributed by atoms with Crippen LogP contribution in [0.1, 0.15) is 110 Å². The monoisotopic (exact) mass is 384 g/mol. The van der Waals surface area contributed by atoms with E-state index in [9.17, 15) is 4.79 Å². The van der Waals surface area contributed by atoms with Gasteiger partial charge in [0, 0.05) is 5.57 Å². The van der Waals surface area contributed by atoms with Crippen LogP contribution in [0.5, 0.6) is 0 Å². The fourth-order valence-corrected chi connectivity index (χ4v) is 3.94. The van der Waals surface area contributed by atoms with Gasteiger partial charge in [0.1, 0.15) is 0 Å². The first kappa shape index (κ1) is 25.6. The predicted molar refractivity (Wildman–Crippen MR) is 118 cm³/mol. The van der Waals surface area contributed by atoms with Gasteiger partial charge in [-0.25, -0.2) is 4.79 Å². The van der Waals surface area contributed by atoms with Crippen molar-refractivity contribution in [2.24, 2.45) is 0 Å². The number of rotatable bonds is 20. The molecule has 0 fully saturated rings. The van der Waals surface area contributed by atoms with Crippen LogP contribution in [-0.2, 0) is 9.53 Å². The summed E-state index contributed by atoms with van der Waals surface area (Å²) in [6.07, 6.45) is 20.2. The standard InChI is InChI=1S/C23H44O2S/c1-4-5-6-7-14-17-20-26-21-18-15-12-10-8-9-11-13-16-19-25-23(24)22(2)3/h2,4-21H2,1,3H3. The molecule has 0 bridgehead atoms. The Bertz CT molecular complexity index is 328. The molecule has 0 aromatic carbocycles. The summed E-state index contributed by atoms with van der Waals surface area (Å²) in [5.41, 5.74) is 0.491. The molecule has 0 aliphatic heterocycles. The summed E-state index contributed by atoms with van der Waals surface area (Å²) in [6, 6.07) is 0. The summed E-state index contributed by atoms with van der Waals surface area (Å²) in [5, 5.41) is 0.